The lowest BCUT2D eigenvalue weighted by atomic mass is 9.84. The van der Waals surface area contributed by atoms with Gasteiger partial charge in [0.2, 0.25) is 0 Å². The zero-order valence-corrected chi connectivity index (χ0v) is 23.8. The van der Waals surface area contributed by atoms with Crippen molar-refractivity contribution >= 4 is 25.1 Å². The highest BCUT2D eigenvalue weighted by Gasteiger charge is 2.29. The van der Waals surface area contributed by atoms with E-state index >= 15 is 0 Å². The van der Waals surface area contributed by atoms with Crippen LogP contribution in [0.1, 0.15) is 43.9 Å². The van der Waals surface area contributed by atoms with Crippen molar-refractivity contribution in [3.8, 4) is 11.5 Å². The Morgan fingerprint density at radius 1 is 1.17 bits per heavy atom. The summed E-state index contributed by atoms with van der Waals surface area (Å²) < 4.78 is 20.1. The highest BCUT2D eigenvalue weighted by molar-refractivity contribution is 6.76. The Morgan fingerprint density at radius 2 is 1.94 bits per heavy atom. The van der Waals surface area contributed by atoms with Gasteiger partial charge in [0.15, 0.2) is 0 Å². The quantitative estimate of drug-likeness (QED) is 0.188. The van der Waals surface area contributed by atoms with E-state index in [1.165, 1.54) is 5.56 Å². The molecule has 1 aromatic carbocycles. The Balaban J connectivity index is 1.50. The third kappa shape index (κ3) is 6.56. The largest absolute Gasteiger partial charge is 0.460 e. The molecule has 0 N–H and O–H groups in total. The third-order valence-corrected chi connectivity index (χ3v) is 8.21. The molecule has 2 aromatic heterocycles. The lowest BCUT2D eigenvalue weighted by Crippen LogP contribution is -2.31. The molecule has 0 spiro atoms. The first-order chi connectivity index (χ1) is 16.9. The number of benzene rings is 1. The zero-order chi connectivity index (χ0) is 26.1. The van der Waals surface area contributed by atoms with Gasteiger partial charge in [-0.2, -0.15) is 0 Å². The Bertz CT molecular complexity index is 1240. The first-order valence-electron chi connectivity index (χ1n) is 12.9. The highest BCUT2D eigenvalue weighted by Crippen LogP contribution is 2.35. The molecule has 1 aliphatic carbocycles. The number of fused-ring (bicyclic) bond motifs is 2. The minimum absolute atomic E-state index is 0.112. The van der Waals surface area contributed by atoms with E-state index in [0.717, 1.165) is 59.2 Å². The van der Waals surface area contributed by atoms with Gasteiger partial charge >= 0.3 is 5.97 Å². The van der Waals surface area contributed by atoms with Gasteiger partial charge in [0.05, 0.1) is 11.3 Å². The number of hydrogen-bond acceptors (Lipinski definition) is 5. The van der Waals surface area contributed by atoms with Gasteiger partial charge in [-0.05, 0) is 87.9 Å². The van der Waals surface area contributed by atoms with Gasteiger partial charge in [-0.15, -0.1) is 0 Å². The van der Waals surface area contributed by atoms with Crippen molar-refractivity contribution in [2.75, 3.05) is 6.61 Å². The van der Waals surface area contributed by atoms with Crippen LogP contribution in [0.25, 0.3) is 11.0 Å². The first-order valence-corrected chi connectivity index (χ1v) is 16.6. The van der Waals surface area contributed by atoms with Gasteiger partial charge in [0.25, 0.3) is 0 Å². The molecule has 194 valence electrons. The van der Waals surface area contributed by atoms with Crippen LogP contribution >= 0.6 is 0 Å². The maximum Gasteiger partial charge on any atom is 0.309 e. The third-order valence-electron chi connectivity index (χ3n) is 6.51. The van der Waals surface area contributed by atoms with Gasteiger partial charge < -0.3 is 18.8 Å². The van der Waals surface area contributed by atoms with E-state index in [1.54, 1.807) is 6.20 Å². The van der Waals surface area contributed by atoms with Gasteiger partial charge in [0, 0.05) is 27.1 Å². The summed E-state index contributed by atoms with van der Waals surface area (Å²) in [7, 11) is -1.12. The Kier molecular flexibility index (Phi) is 7.62. The second-order valence-corrected chi connectivity index (χ2v) is 17.8. The summed E-state index contributed by atoms with van der Waals surface area (Å²) in [4.78, 5) is 17.3. The maximum atomic E-state index is 12.7. The summed E-state index contributed by atoms with van der Waals surface area (Å²) >= 11 is 0. The van der Waals surface area contributed by atoms with E-state index in [4.69, 9.17) is 14.2 Å². The predicted molar refractivity (Wildman–Crippen MR) is 146 cm³/mol. The van der Waals surface area contributed by atoms with Crippen LogP contribution in [0.5, 0.6) is 11.5 Å². The van der Waals surface area contributed by atoms with Crippen molar-refractivity contribution in [3.63, 3.8) is 0 Å². The fourth-order valence-corrected chi connectivity index (χ4v) is 5.37. The second kappa shape index (κ2) is 10.4. The fraction of sp³-hybridized carbons (Fsp3) is 0.517. The zero-order valence-electron chi connectivity index (χ0n) is 22.8. The van der Waals surface area contributed by atoms with E-state index < -0.39 is 13.7 Å². The maximum absolute atomic E-state index is 12.7. The molecular formula is C29H40N2O4Si. The van der Waals surface area contributed by atoms with Crippen LogP contribution in [0.2, 0.25) is 25.7 Å². The van der Waals surface area contributed by atoms with E-state index in [2.05, 4.69) is 54.4 Å². The summed E-state index contributed by atoms with van der Waals surface area (Å²) in [5.41, 5.74) is 3.93. The summed E-state index contributed by atoms with van der Waals surface area (Å²) in [6.07, 6.45) is 6.24. The number of carbonyl (C=O) groups is 1. The number of hydrogen-bond donors (Lipinski definition) is 0. The molecule has 0 aliphatic heterocycles. The molecule has 4 rings (SSSR count). The minimum Gasteiger partial charge on any atom is -0.460 e. The number of rotatable bonds is 8. The normalized spacial score (nSPS) is 16.1. The summed E-state index contributed by atoms with van der Waals surface area (Å²) in [6.45, 7) is 16.1. The second-order valence-electron chi connectivity index (χ2n) is 12.1. The lowest BCUT2D eigenvalue weighted by molar-refractivity contribution is -0.160. The van der Waals surface area contributed by atoms with Crippen LogP contribution in [0, 0.1) is 12.8 Å². The van der Waals surface area contributed by atoms with Crippen molar-refractivity contribution in [1.29, 1.82) is 0 Å². The van der Waals surface area contributed by atoms with Crippen molar-refractivity contribution in [2.24, 2.45) is 5.92 Å². The molecule has 0 bridgehead atoms. The smallest absolute Gasteiger partial charge is 0.309 e. The van der Waals surface area contributed by atoms with Gasteiger partial charge in [-0.25, -0.2) is 4.98 Å². The molecule has 0 saturated carbocycles. The lowest BCUT2D eigenvalue weighted by Gasteiger charge is -2.27. The number of ether oxygens (including phenoxy) is 3. The van der Waals surface area contributed by atoms with E-state index in [9.17, 15) is 4.79 Å². The number of carbonyl (C=O) groups excluding carboxylic acids is 1. The number of esters is 1. The molecule has 7 heteroatoms. The van der Waals surface area contributed by atoms with Gasteiger partial charge in [-0.3, -0.25) is 4.79 Å². The van der Waals surface area contributed by atoms with Crippen LogP contribution < -0.4 is 4.74 Å². The van der Waals surface area contributed by atoms with Crippen LogP contribution in [-0.2, 0) is 33.8 Å². The standard InChI is InChI=1S/C29H40N2O4Si/c1-20-18-31(19-33-14-15-36(5,6)7)27-26(20)25(12-13-30-27)34-24-11-10-21-8-9-22(16-23(21)17-24)28(32)35-29(2,3)4/h10-13,17-18,22H,8-9,14-16,19H2,1-7H3. The Labute approximate surface area is 216 Å². The SMILES string of the molecule is Cc1cn(COCC[Si](C)(C)C)c2nccc(Oc3ccc4c(c3)CC(C(=O)OC(C)(C)C)CC4)c12. The number of aryl methyl sites for hydroxylation is 2. The molecule has 6 nitrogen and oxygen atoms in total. The minimum atomic E-state index is -1.12. The predicted octanol–water partition coefficient (Wildman–Crippen LogP) is 6.90. The molecule has 0 fully saturated rings. The summed E-state index contributed by atoms with van der Waals surface area (Å²) in [6, 6.07) is 9.27. The van der Waals surface area contributed by atoms with Crippen molar-refractivity contribution in [3.05, 3.63) is 53.3 Å². The molecule has 0 radical (unpaired) electrons. The summed E-state index contributed by atoms with van der Waals surface area (Å²) in [5, 5.41) is 0.996. The highest BCUT2D eigenvalue weighted by atomic mass is 28.3. The average Bonchev–Trinajstić information content (AvgIpc) is 3.11. The number of pyridine rings is 1. The number of aromatic nitrogens is 2. The molecule has 36 heavy (non-hydrogen) atoms. The van der Waals surface area contributed by atoms with Gasteiger partial charge in [0.1, 0.15) is 29.5 Å². The molecule has 0 saturated heterocycles. The summed E-state index contributed by atoms with van der Waals surface area (Å²) in [5.74, 6) is 1.32. The van der Waals surface area contributed by atoms with E-state index in [0.29, 0.717) is 13.2 Å². The van der Waals surface area contributed by atoms with Crippen molar-refractivity contribution in [1.82, 2.24) is 9.55 Å². The van der Waals surface area contributed by atoms with Crippen LogP contribution in [0.3, 0.4) is 0 Å². The van der Waals surface area contributed by atoms with Gasteiger partial charge in [-0.1, -0.05) is 25.7 Å². The van der Waals surface area contributed by atoms with Crippen molar-refractivity contribution < 1.29 is 19.0 Å². The van der Waals surface area contributed by atoms with E-state index in [1.807, 2.05) is 32.9 Å². The monoisotopic (exact) mass is 508 g/mol. The average molecular weight is 509 g/mol. The molecule has 1 aliphatic rings. The van der Waals surface area contributed by atoms with Crippen LogP contribution in [0.15, 0.2) is 36.7 Å². The van der Waals surface area contributed by atoms with E-state index in [-0.39, 0.29) is 11.9 Å². The Hall–Kier alpha value is -2.64. The Morgan fingerprint density at radius 3 is 2.67 bits per heavy atom. The topological polar surface area (TPSA) is 62.6 Å². The first kappa shape index (κ1) is 26.4. The molecule has 3 aromatic rings. The van der Waals surface area contributed by atoms with Crippen LogP contribution in [0.4, 0.5) is 0 Å². The molecule has 2 heterocycles. The number of nitrogens with zero attached hydrogens (tertiary/aromatic N) is 2. The van der Waals surface area contributed by atoms with Crippen LogP contribution in [-0.4, -0.2) is 35.8 Å². The molecule has 1 unspecified atom stereocenters. The molecule has 0 amide bonds. The fourth-order valence-electron chi connectivity index (χ4n) is 4.62. The molecular weight excluding hydrogens is 468 g/mol. The molecule has 1 atom stereocenters. The van der Waals surface area contributed by atoms with Crippen molar-refractivity contribution in [2.45, 2.75) is 85.0 Å².